The summed E-state index contributed by atoms with van der Waals surface area (Å²) in [6.07, 6.45) is 1.94. The Labute approximate surface area is 178 Å². The van der Waals surface area contributed by atoms with Crippen molar-refractivity contribution in [3.63, 3.8) is 0 Å². The first-order chi connectivity index (χ1) is 14.6. The van der Waals surface area contributed by atoms with Crippen molar-refractivity contribution in [3.05, 3.63) is 60.2 Å². The molecule has 0 N–H and O–H groups in total. The average Bonchev–Trinajstić information content (AvgIpc) is 2.77. The summed E-state index contributed by atoms with van der Waals surface area (Å²) >= 11 is 0. The van der Waals surface area contributed by atoms with Crippen LogP contribution < -0.4 is 9.47 Å². The van der Waals surface area contributed by atoms with Crippen molar-refractivity contribution >= 4 is 11.9 Å². The van der Waals surface area contributed by atoms with Crippen LogP contribution in [0.5, 0.6) is 11.5 Å². The SMILES string of the molecule is CCOC(=O)c1ccc(OCCCC(CCOc2ccccc2)C(=O)OCC)cc1. The number of ether oxygens (including phenoxy) is 4. The van der Waals surface area contributed by atoms with Gasteiger partial charge in [-0.1, -0.05) is 18.2 Å². The lowest BCUT2D eigenvalue weighted by atomic mass is 10.0. The van der Waals surface area contributed by atoms with Crippen molar-refractivity contribution < 1.29 is 28.5 Å². The molecule has 0 aliphatic heterocycles. The van der Waals surface area contributed by atoms with Crippen molar-refractivity contribution in [2.24, 2.45) is 5.92 Å². The van der Waals surface area contributed by atoms with Gasteiger partial charge >= 0.3 is 11.9 Å². The molecule has 0 amide bonds. The molecule has 1 atom stereocenters. The second-order valence-electron chi connectivity index (χ2n) is 6.63. The van der Waals surface area contributed by atoms with Crippen LogP contribution in [0.4, 0.5) is 0 Å². The van der Waals surface area contributed by atoms with Gasteiger partial charge in [-0.3, -0.25) is 4.79 Å². The van der Waals surface area contributed by atoms with Gasteiger partial charge in [0.15, 0.2) is 0 Å². The summed E-state index contributed by atoms with van der Waals surface area (Å²) in [7, 11) is 0. The molecular formula is C24H30O6. The number of para-hydroxylation sites is 1. The van der Waals surface area contributed by atoms with Gasteiger partial charge in [0.2, 0.25) is 0 Å². The molecule has 0 fully saturated rings. The van der Waals surface area contributed by atoms with Gasteiger partial charge in [0.1, 0.15) is 11.5 Å². The van der Waals surface area contributed by atoms with Crippen LogP contribution >= 0.6 is 0 Å². The third-order valence-electron chi connectivity index (χ3n) is 4.43. The van der Waals surface area contributed by atoms with Crippen LogP contribution in [0, 0.1) is 5.92 Å². The Morgan fingerprint density at radius 1 is 0.767 bits per heavy atom. The number of benzene rings is 2. The molecule has 0 aromatic heterocycles. The molecule has 2 rings (SSSR count). The highest BCUT2D eigenvalue weighted by molar-refractivity contribution is 5.89. The summed E-state index contributed by atoms with van der Waals surface area (Å²) in [5, 5.41) is 0. The molecule has 162 valence electrons. The molecule has 0 spiro atoms. The molecule has 0 saturated carbocycles. The van der Waals surface area contributed by atoms with E-state index in [1.54, 1.807) is 38.1 Å². The molecule has 6 heteroatoms. The fraction of sp³-hybridized carbons (Fsp3) is 0.417. The Balaban J connectivity index is 1.76. The van der Waals surface area contributed by atoms with E-state index in [1.165, 1.54) is 0 Å². The summed E-state index contributed by atoms with van der Waals surface area (Å²) in [4.78, 5) is 23.9. The molecule has 1 unspecified atom stereocenters. The second kappa shape index (κ2) is 13.2. The van der Waals surface area contributed by atoms with Gasteiger partial charge in [-0.2, -0.15) is 0 Å². The van der Waals surface area contributed by atoms with E-state index < -0.39 is 0 Å². The number of carbonyl (C=O) groups excluding carboxylic acids is 2. The van der Waals surface area contributed by atoms with Gasteiger partial charge in [-0.15, -0.1) is 0 Å². The molecule has 0 bridgehead atoms. The zero-order valence-electron chi connectivity index (χ0n) is 17.7. The Bertz CT molecular complexity index is 757. The smallest absolute Gasteiger partial charge is 0.338 e. The zero-order chi connectivity index (χ0) is 21.6. The van der Waals surface area contributed by atoms with Crippen LogP contribution in [0.3, 0.4) is 0 Å². The van der Waals surface area contributed by atoms with E-state index in [9.17, 15) is 9.59 Å². The fourth-order valence-corrected chi connectivity index (χ4v) is 2.90. The Hall–Kier alpha value is -3.02. The number of rotatable bonds is 13. The van der Waals surface area contributed by atoms with Crippen LogP contribution in [-0.4, -0.2) is 38.4 Å². The summed E-state index contributed by atoms with van der Waals surface area (Å²) in [5.41, 5.74) is 0.491. The Kier molecular flexibility index (Phi) is 10.3. The summed E-state index contributed by atoms with van der Waals surface area (Å²) < 4.78 is 21.6. The molecule has 2 aromatic rings. The first-order valence-electron chi connectivity index (χ1n) is 10.4. The largest absolute Gasteiger partial charge is 0.494 e. The fourth-order valence-electron chi connectivity index (χ4n) is 2.90. The van der Waals surface area contributed by atoms with Gasteiger partial charge in [0, 0.05) is 0 Å². The van der Waals surface area contributed by atoms with Gasteiger partial charge in [0.05, 0.1) is 37.9 Å². The molecule has 2 aromatic carbocycles. The molecule has 0 radical (unpaired) electrons. The van der Waals surface area contributed by atoms with Gasteiger partial charge in [0.25, 0.3) is 0 Å². The van der Waals surface area contributed by atoms with Gasteiger partial charge in [-0.05, 0) is 69.5 Å². The van der Waals surface area contributed by atoms with Gasteiger partial charge in [-0.25, -0.2) is 4.79 Å². The molecule has 6 nitrogen and oxygen atoms in total. The molecule has 0 heterocycles. The van der Waals surface area contributed by atoms with E-state index in [0.717, 1.165) is 5.75 Å². The van der Waals surface area contributed by atoms with Crippen molar-refractivity contribution in [3.8, 4) is 11.5 Å². The number of hydrogen-bond donors (Lipinski definition) is 0. The quantitative estimate of drug-likeness (QED) is 0.350. The minimum absolute atomic E-state index is 0.201. The molecule has 0 aliphatic rings. The standard InChI is InChI=1S/C24H30O6/c1-3-27-23(25)19(16-18-30-21-10-6-5-7-11-21)9-8-17-29-22-14-12-20(13-15-22)24(26)28-4-2/h5-7,10-15,19H,3-4,8-9,16-18H2,1-2H3. The van der Waals surface area contributed by atoms with E-state index in [0.29, 0.717) is 57.0 Å². The second-order valence-corrected chi connectivity index (χ2v) is 6.63. The highest BCUT2D eigenvalue weighted by atomic mass is 16.5. The number of carbonyl (C=O) groups is 2. The zero-order valence-corrected chi connectivity index (χ0v) is 17.7. The Morgan fingerprint density at radius 3 is 2.07 bits per heavy atom. The van der Waals surface area contributed by atoms with E-state index in [-0.39, 0.29) is 17.9 Å². The minimum atomic E-state index is -0.348. The molecule has 30 heavy (non-hydrogen) atoms. The van der Waals surface area contributed by atoms with Gasteiger partial charge < -0.3 is 18.9 Å². The molecular weight excluding hydrogens is 384 g/mol. The monoisotopic (exact) mass is 414 g/mol. The normalized spacial score (nSPS) is 11.4. The van der Waals surface area contributed by atoms with E-state index in [1.807, 2.05) is 30.3 Å². The average molecular weight is 414 g/mol. The van der Waals surface area contributed by atoms with Crippen LogP contribution in [0.2, 0.25) is 0 Å². The number of hydrogen-bond acceptors (Lipinski definition) is 6. The lowest BCUT2D eigenvalue weighted by Crippen LogP contribution is -2.21. The topological polar surface area (TPSA) is 71.1 Å². The summed E-state index contributed by atoms with van der Waals surface area (Å²) in [6, 6.07) is 16.4. The minimum Gasteiger partial charge on any atom is -0.494 e. The lowest BCUT2D eigenvalue weighted by Gasteiger charge is -2.16. The highest BCUT2D eigenvalue weighted by Gasteiger charge is 2.19. The predicted molar refractivity (Wildman–Crippen MR) is 114 cm³/mol. The highest BCUT2D eigenvalue weighted by Crippen LogP contribution is 2.18. The molecule has 0 saturated heterocycles. The lowest BCUT2D eigenvalue weighted by molar-refractivity contribution is -0.148. The van der Waals surface area contributed by atoms with Crippen molar-refractivity contribution in [1.82, 2.24) is 0 Å². The number of esters is 2. The predicted octanol–water partition coefficient (Wildman–Crippen LogP) is 4.67. The van der Waals surface area contributed by atoms with Crippen LogP contribution in [0.1, 0.15) is 43.5 Å². The first kappa shape index (κ1) is 23.3. The third kappa shape index (κ3) is 8.15. The first-order valence-corrected chi connectivity index (χ1v) is 10.4. The van der Waals surface area contributed by atoms with E-state index in [4.69, 9.17) is 18.9 Å². The Morgan fingerprint density at radius 2 is 1.40 bits per heavy atom. The van der Waals surface area contributed by atoms with Crippen LogP contribution in [0.15, 0.2) is 54.6 Å². The van der Waals surface area contributed by atoms with Crippen LogP contribution in [-0.2, 0) is 14.3 Å². The summed E-state index contributed by atoms with van der Waals surface area (Å²) in [5.74, 6) is 0.674. The van der Waals surface area contributed by atoms with Crippen molar-refractivity contribution in [2.45, 2.75) is 33.1 Å². The van der Waals surface area contributed by atoms with Crippen molar-refractivity contribution in [1.29, 1.82) is 0 Å². The van der Waals surface area contributed by atoms with Crippen LogP contribution in [0.25, 0.3) is 0 Å². The summed E-state index contributed by atoms with van der Waals surface area (Å²) in [6.45, 7) is 5.19. The van der Waals surface area contributed by atoms with E-state index in [2.05, 4.69) is 0 Å². The van der Waals surface area contributed by atoms with E-state index >= 15 is 0 Å². The maximum atomic E-state index is 12.2. The third-order valence-corrected chi connectivity index (χ3v) is 4.43. The maximum absolute atomic E-state index is 12.2. The maximum Gasteiger partial charge on any atom is 0.338 e. The van der Waals surface area contributed by atoms with Crippen molar-refractivity contribution in [2.75, 3.05) is 26.4 Å². The molecule has 0 aliphatic carbocycles.